The van der Waals surface area contributed by atoms with E-state index in [2.05, 4.69) is 125 Å². The molecule has 0 spiro atoms. The zero-order chi connectivity index (χ0) is 34.3. The van der Waals surface area contributed by atoms with Crippen molar-refractivity contribution in [3.63, 3.8) is 0 Å². The standard InChI is InChI=1S/C41H36N5O2S2/c1-29-35(27-46(44-29)41(31-14-6-3-7-15-31,32-16-8-4-9-17-32)33-18-10-5-11-19-33)30-21-22-36-34(26-30)40(43-28-42-36)45-25-13-12-20-37(45)38-23-24-39(49-38)50(2,47)48/h3-12,14-19,21-24,26-28,37H,13,20,25H2,1-2H3. The van der Waals surface area contributed by atoms with Crippen LogP contribution in [-0.2, 0) is 15.4 Å². The third-order valence-corrected chi connectivity index (χ3v) is 12.7. The second-order valence-electron chi connectivity index (χ2n) is 12.8. The number of aryl methyl sites for hydroxylation is 1. The molecule has 1 radical (unpaired) electrons. The Bertz CT molecular complexity index is 2290. The molecule has 0 bridgehead atoms. The second kappa shape index (κ2) is 13.0. The lowest BCUT2D eigenvalue weighted by Crippen LogP contribution is -2.38. The molecule has 1 saturated heterocycles. The average Bonchev–Trinajstić information content (AvgIpc) is 3.81. The van der Waals surface area contributed by atoms with Gasteiger partial charge in [0.1, 0.15) is 21.9 Å². The van der Waals surface area contributed by atoms with Crippen LogP contribution < -0.4 is 4.90 Å². The van der Waals surface area contributed by atoms with Crippen molar-refractivity contribution < 1.29 is 8.42 Å². The number of hydrogen-bond acceptors (Lipinski definition) is 7. The molecule has 1 aliphatic rings. The summed E-state index contributed by atoms with van der Waals surface area (Å²) in [6.45, 7) is 2.84. The highest BCUT2D eigenvalue weighted by molar-refractivity contribution is 7.92. The first-order chi connectivity index (χ1) is 24.3. The zero-order valence-corrected chi connectivity index (χ0v) is 29.5. The number of piperidine rings is 1. The maximum Gasteiger partial charge on any atom is 0.184 e. The summed E-state index contributed by atoms with van der Waals surface area (Å²) < 4.78 is 27.2. The molecule has 0 aliphatic carbocycles. The number of fused-ring (bicyclic) bond motifs is 1. The number of anilines is 1. The summed E-state index contributed by atoms with van der Waals surface area (Å²) in [5, 5.41) is 6.23. The van der Waals surface area contributed by atoms with Crippen LogP contribution in [-0.4, -0.2) is 41.0 Å². The smallest absolute Gasteiger partial charge is 0.184 e. The molecule has 4 heterocycles. The predicted molar refractivity (Wildman–Crippen MR) is 201 cm³/mol. The molecule has 0 N–H and O–H groups in total. The van der Waals surface area contributed by atoms with Gasteiger partial charge >= 0.3 is 0 Å². The number of benzene rings is 4. The van der Waals surface area contributed by atoms with Gasteiger partial charge in [0, 0.05) is 34.8 Å². The molecular weight excluding hydrogens is 659 g/mol. The second-order valence-corrected chi connectivity index (χ2v) is 16.1. The van der Waals surface area contributed by atoms with E-state index in [0.29, 0.717) is 4.21 Å². The first-order valence-electron chi connectivity index (χ1n) is 16.7. The lowest BCUT2D eigenvalue weighted by atomic mass is 9.77. The molecule has 1 fully saturated rings. The Kier molecular flexibility index (Phi) is 8.33. The number of sulfone groups is 1. The summed E-state index contributed by atoms with van der Waals surface area (Å²) in [6, 6.07) is 41.7. The first kappa shape index (κ1) is 32.1. The molecule has 1 unspecified atom stereocenters. The summed E-state index contributed by atoms with van der Waals surface area (Å²) in [5.74, 6) is 0.849. The van der Waals surface area contributed by atoms with Crippen molar-refractivity contribution in [3.05, 3.63) is 168 Å². The molecule has 0 saturated carbocycles. The topological polar surface area (TPSA) is 81.0 Å². The van der Waals surface area contributed by atoms with Crippen molar-refractivity contribution in [1.82, 2.24) is 19.7 Å². The number of nitrogens with zero attached hydrogens (tertiary/aromatic N) is 5. The van der Waals surface area contributed by atoms with Crippen molar-refractivity contribution in [3.8, 4) is 11.1 Å². The summed E-state index contributed by atoms with van der Waals surface area (Å²) in [4.78, 5) is 12.8. The summed E-state index contributed by atoms with van der Waals surface area (Å²) in [5.41, 5.74) is 6.42. The van der Waals surface area contributed by atoms with E-state index >= 15 is 0 Å². The average molecular weight is 695 g/mol. The third-order valence-electron chi connectivity index (χ3n) is 9.65. The van der Waals surface area contributed by atoms with Gasteiger partial charge in [0.25, 0.3) is 0 Å². The minimum atomic E-state index is -3.28. The maximum atomic E-state index is 12.3. The molecule has 4 aromatic carbocycles. The van der Waals surface area contributed by atoms with Gasteiger partial charge in [0.05, 0.1) is 17.3 Å². The molecule has 3 aromatic heterocycles. The van der Waals surface area contributed by atoms with Crippen LogP contribution in [0.4, 0.5) is 5.82 Å². The highest BCUT2D eigenvalue weighted by Crippen LogP contribution is 2.43. The Morgan fingerprint density at radius 1 is 0.800 bits per heavy atom. The van der Waals surface area contributed by atoms with E-state index in [4.69, 9.17) is 10.1 Å². The number of rotatable bonds is 8. The van der Waals surface area contributed by atoms with Crippen LogP contribution in [0.5, 0.6) is 0 Å². The Balaban J connectivity index is 1.27. The lowest BCUT2D eigenvalue weighted by Gasteiger charge is -2.36. The van der Waals surface area contributed by atoms with Crippen LogP contribution in [0.3, 0.4) is 0 Å². The zero-order valence-electron chi connectivity index (χ0n) is 27.8. The monoisotopic (exact) mass is 694 g/mol. The van der Waals surface area contributed by atoms with E-state index in [-0.39, 0.29) is 6.04 Å². The Labute approximate surface area is 296 Å². The highest BCUT2D eigenvalue weighted by Gasteiger charge is 2.40. The Morgan fingerprint density at radius 3 is 2.04 bits per heavy atom. The fraction of sp³-hybridized carbons (Fsp3) is 0.171. The fourth-order valence-electron chi connectivity index (χ4n) is 7.31. The molecule has 50 heavy (non-hydrogen) atoms. The summed E-state index contributed by atoms with van der Waals surface area (Å²) in [6.07, 6.45) is 9.07. The van der Waals surface area contributed by atoms with Crippen LogP contribution in [0.25, 0.3) is 22.0 Å². The summed E-state index contributed by atoms with van der Waals surface area (Å²) >= 11 is 1.35. The van der Waals surface area contributed by atoms with Gasteiger partial charge in [-0.2, -0.15) is 5.10 Å². The van der Waals surface area contributed by atoms with E-state index in [1.165, 1.54) is 17.6 Å². The van der Waals surface area contributed by atoms with E-state index in [9.17, 15) is 8.42 Å². The third kappa shape index (κ3) is 5.60. The lowest BCUT2D eigenvalue weighted by molar-refractivity contribution is 0.458. The number of thiophene rings is 1. The normalized spacial score (nSPS) is 15.4. The van der Waals surface area contributed by atoms with Crippen molar-refractivity contribution in [2.75, 3.05) is 17.7 Å². The molecule has 7 nitrogen and oxygen atoms in total. The van der Waals surface area contributed by atoms with Crippen LogP contribution >= 0.6 is 11.3 Å². The van der Waals surface area contributed by atoms with Crippen LogP contribution in [0.15, 0.2) is 138 Å². The van der Waals surface area contributed by atoms with Gasteiger partial charge in [0.15, 0.2) is 9.84 Å². The van der Waals surface area contributed by atoms with Crippen molar-refractivity contribution in [2.45, 2.75) is 35.6 Å². The minimum absolute atomic E-state index is 0.0151. The van der Waals surface area contributed by atoms with E-state index in [1.54, 1.807) is 12.4 Å². The Hall–Kier alpha value is -5.12. The molecule has 249 valence electrons. The molecule has 9 heteroatoms. The van der Waals surface area contributed by atoms with Gasteiger partial charge in [-0.25, -0.2) is 18.4 Å². The molecule has 0 amide bonds. The first-order valence-corrected chi connectivity index (χ1v) is 19.4. The van der Waals surface area contributed by atoms with Gasteiger partial charge in [-0.1, -0.05) is 97.1 Å². The van der Waals surface area contributed by atoms with E-state index < -0.39 is 15.4 Å². The molecule has 1 atom stereocenters. The summed E-state index contributed by atoms with van der Waals surface area (Å²) in [7, 11) is -3.28. The van der Waals surface area contributed by atoms with Gasteiger partial charge < -0.3 is 4.90 Å². The number of aromatic nitrogens is 4. The van der Waals surface area contributed by atoms with Crippen molar-refractivity contribution >= 4 is 37.9 Å². The Morgan fingerprint density at radius 2 is 1.44 bits per heavy atom. The van der Waals surface area contributed by atoms with Crippen molar-refractivity contribution in [1.29, 1.82) is 0 Å². The SMILES string of the molecule is Cc1nn(C(c2ccccc2)(c2ccccc2)c2ccccc2)cc1-c1ccc2ncnc(N3CC[CH]CC3c3ccc(S(C)(=O)=O)s3)c2c1. The fourth-order valence-corrected chi connectivity index (χ4v) is 9.39. The van der Waals surface area contributed by atoms with Crippen LogP contribution in [0.2, 0.25) is 0 Å². The van der Waals surface area contributed by atoms with E-state index in [1.807, 2.05) is 24.3 Å². The molecule has 7 aromatic rings. The van der Waals surface area contributed by atoms with E-state index in [0.717, 1.165) is 74.5 Å². The minimum Gasteiger partial charge on any atom is -0.348 e. The van der Waals surface area contributed by atoms with Gasteiger partial charge in [0.2, 0.25) is 0 Å². The largest absolute Gasteiger partial charge is 0.348 e. The van der Waals surface area contributed by atoms with Gasteiger partial charge in [-0.3, -0.25) is 4.68 Å². The predicted octanol–water partition coefficient (Wildman–Crippen LogP) is 8.65. The van der Waals surface area contributed by atoms with Gasteiger partial charge in [-0.15, -0.1) is 11.3 Å². The molecular formula is C41H36N5O2S2. The van der Waals surface area contributed by atoms with Crippen molar-refractivity contribution in [2.24, 2.45) is 0 Å². The van der Waals surface area contributed by atoms with Crippen LogP contribution in [0.1, 0.15) is 46.1 Å². The van der Waals surface area contributed by atoms with Crippen LogP contribution in [0, 0.1) is 13.3 Å². The molecule has 8 rings (SSSR count). The molecule has 1 aliphatic heterocycles. The quantitative estimate of drug-likeness (QED) is 0.148. The number of hydrogen-bond donors (Lipinski definition) is 0. The van der Waals surface area contributed by atoms with Gasteiger partial charge in [-0.05, 0) is 72.7 Å². The highest BCUT2D eigenvalue weighted by atomic mass is 32.2. The maximum absolute atomic E-state index is 12.3.